The molecule has 3 heterocycles. The van der Waals surface area contributed by atoms with Gasteiger partial charge < -0.3 is 23.7 Å². The molecule has 0 radical (unpaired) electrons. The summed E-state index contributed by atoms with van der Waals surface area (Å²) in [7, 11) is 0. The average molecular weight is 441 g/mol. The van der Waals surface area contributed by atoms with Crippen molar-refractivity contribution in [3.05, 3.63) is 34.5 Å². The van der Waals surface area contributed by atoms with E-state index in [0.29, 0.717) is 52.9 Å². The Hall–Kier alpha value is -0.800. The second-order valence-electron chi connectivity index (χ2n) is 6.93. The molecule has 1 fully saturated rings. The monoisotopic (exact) mass is 440 g/mol. The normalized spacial score (nSPS) is 19.5. The van der Waals surface area contributed by atoms with Crippen LogP contribution in [0.3, 0.4) is 0 Å². The molecule has 0 amide bonds. The Morgan fingerprint density at radius 3 is 2.52 bits per heavy atom. The van der Waals surface area contributed by atoms with E-state index in [9.17, 15) is 0 Å². The summed E-state index contributed by atoms with van der Waals surface area (Å²) in [4.78, 5) is 2.82. The molecule has 0 saturated carbocycles. The highest BCUT2D eigenvalue weighted by molar-refractivity contribution is 7.20. The van der Waals surface area contributed by atoms with Crippen LogP contribution in [0.2, 0.25) is 0 Å². The molecule has 0 spiro atoms. The van der Waals surface area contributed by atoms with Gasteiger partial charge in [0, 0.05) is 16.4 Å². The lowest BCUT2D eigenvalue weighted by molar-refractivity contribution is -0.0903. The van der Waals surface area contributed by atoms with E-state index in [0.717, 1.165) is 19.4 Å². The number of hydrogen-bond donors (Lipinski definition) is 0. The second-order valence-corrected chi connectivity index (χ2v) is 8.79. The van der Waals surface area contributed by atoms with Gasteiger partial charge in [0.1, 0.15) is 6.10 Å². The quantitative estimate of drug-likeness (QED) is 0.531. The first kappa shape index (κ1) is 22.9. The third-order valence-electron chi connectivity index (χ3n) is 4.66. The first-order valence-electron chi connectivity index (χ1n) is 10.5. The number of thiophene rings is 2. The molecular formula is C22H32O5S2. The van der Waals surface area contributed by atoms with Crippen molar-refractivity contribution in [3.8, 4) is 9.75 Å². The van der Waals surface area contributed by atoms with Gasteiger partial charge >= 0.3 is 0 Å². The van der Waals surface area contributed by atoms with Crippen molar-refractivity contribution in [1.29, 1.82) is 0 Å². The van der Waals surface area contributed by atoms with Crippen LogP contribution < -0.4 is 0 Å². The number of rotatable bonds is 9. The fourth-order valence-electron chi connectivity index (χ4n) is 3.14. The molecule has 2 aromatic heterocycles. The molecule has 0 bridgehead atoms. The van der Waals surface area contributed by atoms with Gasteiger partial charge in [0.15, 0.2) is 0 Å². The van der Waals surface area contributed by atoms with Gasteiger partial charge in [-0.1, -0.05) is 12.5 Å². The van der Waals surface area contributed by atoms with Gasteiger partial charge in [-0.2, -0.15) is 0 Å². The summed E-state index contributed by atoms with van der Waals surface area (Å²) in [5.41, 5.74) is 1.48. The van der Waals surface area contributed by atoms with E-state index in [-0.39, 0.29) is 6.10 Å². The Morgan fingerprint density at radius 2 is 1.69 bits per heavy atom. The minimum absolute atomic E-state index is 0.0443. The third kappa shape index (κ3) is 8.84. The maximum Gasteiger partial charge on any atom is 0.104 e. The zero-order valence-electron chi connectivity index (χ0n) is 17.0. The van der Waals surface area contributed by atoms with Gasteiger partial charge in [0.05, 0.1) is 52.9 Å². The van der Waals surface area contributed by atoms with Crippen LogP contribution >= 0.6 is 22.7 Å². The van der Waals surface area contributed by atoms with E-state index in [1.807, 2.05) is 22.7 Å². The molecule has 1 unspecified atom stereocenters. The first-order chi connectivity index (χ1) is 14.4. The van der Waals surface area contributed by atoms with E-state index < -0.39 is 0 Å². The molecule has 1 aliphatic heterocycles. The van der Waals surface area contributed by atoms with Crippen LogP contribution in [0.25, 0.3) is 9.75 Å². The summed E-state index contributed by atoms with van der Waals surface area (Å²) < 4.78 is 28.2. The molecule has 0 aliphatic carbocycles. The molecule has 1 saturated heterocycles. The highest BCUT2D eigenvalue weighted by Gasteiger charge is 2.11. The van der Waals surface area contributed by atoms with Crippen molar-refractivity contribution in [2.24, 2.45) is 0 Å². The molecule has 0 N–H and O–H groups in total. The predicted octanol–water partition coefficient (Wildman–Crippen LogP) is 4.65. The summed E-state index contributed by atoms with van der Waals surface area (Å²) in [5, 5.41) is 4.35. The topological polar surface area (TPSA) is 46.2 Å². The van der Waals surface area contributed by atoms with Crippen molar-refractivity contribution in [2.75, 3.05) is 59.5 Å². The molecule has 162 valence electrons. The summed E-state index contributed by atoms with van der Waals surface area (Å²) in [6.45, 7) is 5.38. The zero-order valence-corrected chi connectivity index (χ0v) is 18.6. The highest BCUT2D eigenvalue weighted by Crippen LogP contribution is 2.33. The van der Waals surface area contributed by atoms with Crippen molar-refractivity contribution < 1.29 is 23.7 Å². The molecule has 29 heavy (non-hydrogen) atoms. The maximum absolute atomic E-state index is 5.84. The van der Waals surface area contributed by atoms with Gasteiger partial charge in [-0.05, 0) is 47.7 Å². The van der Waals surface area contributed by atoms with Crippen LogP contribution in [-0.4, -0.2) is 65.6 Å². The molecule has 7 heteroatoms. The lowest BCUT2D eigenvalue weighted by atomic mass is 10.1. The Kier molecular flexibility index (Phi) is 11.2. The SMILES string of the molecule is c1csc(-c2sccc2CCCCCOCC2COCCOCCOCCO2)c1. The molecule has 1 atom stereocenters. The molecular weight excluding hydrogens is 408 g/mol. The lowest BCUT2D eigenvalue weighted by Gasteiger charge is -2.19. The van der Waals surface area contributed by atoms with Crippen LogP contribution in [0.4, 0.5) is 0 Å². The molecule has 1 aliphatic rings. The number of unbranched alkanes of at least 4 members (excludes halogenated alkanes) is 2. The maximum atomic E-state index is 5.84. The van der Waals surface area contributed by atoms with Gasteiger partial charge in [0.25, 0.3) is 0 Å². The Morgan fingerprint density at radius 1 is 0.862 bits per heavy atom. The van der Waals surface area contributed by atoms with E-state index in [1.165, 1.54) is 28.2 Å². The Bertz CT molecular complexity index is 631. The van der Waals surface area contributed by atoms with Crippen LogP contribution in [0.1, 0.15) is 24.8 Å². The fourth-order valence-corrected chi connectivity index (χ4v) is 5.00. The van der Waals surface area contributed by atoms with E-state index >= 15 is 0 Å². The molecule has 5 nitrogen and oxygen atoms in total. The minimum atomic E-state index is -0.0443. The average Bonchev–Trinajstić information content (AvgIpc) is 3.40. The standard InChI is InChI=1S/C22H32O5S2/c1(2-5-19-7-16-29-22(19)21-6-4-15-28-21)3-8-25-17-20-18-26-12-11-23-9-10-24-13-14-27-20/h4,6-7,15-16,20H,1-3,5,8-14,17-18H2. The van der Waals surface area contributed by atoms with Gasteiger partial charge in [-0.25, -0.2) is 0 Å². The van der Waals surface area contributed by atoms with Gasteiger partial charge in [0.2, 0.25) is 0 Å². The Balaban J connectivity index is 1.26. The van der Waals surface area contributed by atoms with Crippen molar-refractivity contribution >= 4 is 22.7 Å². The number of ether oxygens (including phenoxy) is 5. The third-order valence-corrected chi connectivity index (χ3v) is 6.67. The van der Waals surface area contributed by atoms with Crippen LogP contribution in [0.5, 0.6) is 0 Å². The van der Waals surface area contributed by atoms with Crippen LogP contribution in [0, 0.1) is 0 Å². The smallest absolute Gasteiger partial charge is 0.104 e. The molecule has 0 aromatic carbocycles. The van der Waals surface area contributed by atoms with E-state index in [1.54, 1.807) is 0 Å². The van der Waals surface area contributed by atoms with Crippen molar-refractivity contribution in [3.63, 3.8) is 0 Å². The summed E-state index contributed by atoms with van der Waals surface area (Å²) in [6, 6.07) is 6.60. The molecule has 3 rings (SSSR count). The van der Waals surface area contributed by atoms with E-state index in [2.05, 4.69) is 29.0 Å². The van der Waals surface area contributed by atoms with E-state index in [4.69, 9.17) is 23.7 Å². The fraction of sp³-hybridized carbons (Fsp3) is 0.636. The molecule has 2 aromatic rings. The first-order valence-corrected chi connectivity index (χ1v) is 12.2. The largest absolute Gasteiger partial charge is 0.379 e. The van der Waals surface area contributed by atoms with Crippen molar-refractivity contribution in [2.45, 2.75) is 31.8 Å². The Labute approximate surface area is 181 Å². The van der Waals surface area contributed by atoms with Gasteiger partial charge in [-0.15, -0.1) is 22.7 Å². The van der Waals surface area contributed by atoms with Gasteiger partial charge in [-0.3, -0.25) is 0 Å². The highest BCUT2D eigenvalue weighted by atomic mass is 32.1. The zero-order chi connectivity index (χ0) is 20.0. The summed E-state index contributed by atoms with van der Waals surface area (Å²) in [6.07, 6.45) is 4.53. The summed E-state index contributed by atoms with van der Waals surface area (Å²) in [5.74, 6) is 0. The number of hydrogen-bond acceptors (Lipinski definition) is 7. The number of aryl methyl sites for hydroxylation is 1. The summed E-state index contributed by atoms with van der Waals surface area (Å²) >= 11 is 3.67. The lowest BCUT2D eigenvalue weighted by Crippen LogP contribution is -2.29. The predicted molar refractivity (Wildman–Crippen MR) is 118 cm³/mol. The second kappa shape index (κ2) is 14.2. The van der Waals surface area contributed by atoms with Crippen LogP contribution in [0.15, 0.2) is 29.0 Å². The van der Waals surface area contributed by atoms with Crippen molar-refractivity contribution in [1.82, 2.24) is 0 Å². The minimum Gasteiger partial charge on any atom is -0.379 e. The van der Waals surface area contributed by atoms with Crippen LogP contribution in [-0.2, 0) is 30.1 Å².